The first-order valence-electron chi connectivity index (χ1n) is 6.45. The summed E-state index contributed by atoms with van der Waals surface area (Å²) < 4.78 is 63.8. The third-order valence-electron chi connectivity index (χ3n) is 3.47. The molecule has 0 unspecified atom stereocenters. The molecule has 0 spiro atoms. The van der Waals surface area contributed by atoms with E-state index >= 15 is 0 Å². The molecular weight excluding hydrogens is 333 g/mol. The molecule has 2 heterocycles. The van der Waals surface area contributed by atoms with Crippen LogP contribution in [0.4, 0.5) is 19.1 Å². The van der Waals surface area contributed by atoms with Crippen molar-refractivity contribution in [1.29, 1.82) is 0 Å². The quantitative estimate of drug-likeness (QED) is 0.897. The van der Waals surface area contributed by atoms with E-state index in [1.54, 1.807) is 0 Å². The number of nitrogens with two attached hydrogens (primary N) is 1. The Bertz CT molecular complexity index is 851. The molecule has 2 aromatic rings. The Morgan fingerprint density at radius 2 is 1.78 bits per heavy atom. The smallest absolute Gasteiger partial charge is 0.368 e. The van der Waals surface area contributed by atoms with Gasteiger partial charge in [0.25, 0.3) is 0 Å². The molecule has 0 radical (unpaired) electrons. The van der Waals surface area contributed by atoms with Crippen LogP contribution in [0.1, 0.15) is 16.8 Å². The van der Waals surface area contributed by atoms with E-state index in [0.29, 0.717) is 11.3 Å². The third-order valence-corrected chi connectivity index (χ3v) is 5.27. The van der Waals surface area contributed by atoms with Gasteiger partial charge in [-0.05, 0) is 24.3 Å². The average molecular weight is 344 g/mol. The molecule has 1 aliphatic heterocycles. The van der Waals surface area contributed by atoms with Crippen LogP contribution in [0.2, 0.25) is 0 Å². The zero-order valence-corrected chi connectivity index (χ0v) is 12.4. The highest BCUT2D eigenvalue weighted by Crippen LogP contribution is 2.31. The summed E-state index contributed by atoms with van der Waals surface area (Å²) in [5, 5.41) is 0. The van der Waals surface area contributed by atoms with Crippen LogP contribution < -0.4 is 5.73 Å². The minimum Gasteiger partial charge on any atom is -0.368 e. The van der Waals surface area contributed by atoms with Crippen molar-refractivity contribution in [3.63, 3.8) is 0 Å². The van der Waals surface area contributed by atoms with Gasteiger partial charge in [-0.1, -0.05) is 0 Å². The summed E-state index contributed by atoms with van der Waals surface area (Å²) in [7, 11) is -3.92. The highest BCUT2D eigenvalue weighted by molar-refractivity contribution is 7.89. The SMILES string of the molecule is Nc1ncc2c(n1)CN(S(=O)(=O)c1ccc(C(F)(F)F)cc1)C2. The Balaban J connectivity index is 1.89. The molecule has 0 bridgehead atoms. The van der Waals surface area contributed by atoms with Gasteiger partial charge >= 0.3 is 6.18 Å². The molecule has 2 N–H and O–H groups in total. The van der Waals surface area contributed by atoms with Crippen molar-refractivity contribution in [2.24, 2.45) is 0 Å². The van der Waals surface area contributed by atoms with Gasteiger partial charge in [0.2, 0.25) is 16.0 Å². The molecule has 1 aromatic carbocycles. The van der Waals surface area contributed by atoms with Crippen LogP contribution in [0, 0.1) is 0 Å². The number of nitrogens with zero attached hydrogens (tertiary/aromatic N) is 3. The Kier molecular flexibility index (Phi) is 3.52. The fourth-order valence-corrected chi connectivity index (χ4v) is 3.65. The van der Waals surface area contributed by atoms with Crippen molar-refractivity contribution in [3.05, 3.63) is 47.3 Å². The van der Waals surface area contributed by atoms with Crippen LogP contribution >= 0.6 is 0 Å². The van der Waals surface area contributed by atoms with Gasteiger partial charge in [-0.25, -0.2) is 18.4 Å². The van der Waals surface area contributed by atoms with E-state index in [1.807, 2.05) is 0 Å². The molecule has 3 rings (SSSR count). The number of aromatic nitrogens is 2. The maximum atomic E-state index is 12.5. The number of benzene rings is 1. The normalized spacial score (nSPS) is 15.6. The maximum Gasteiger partial charge on any atom is 0.416 e. The first kappa shape index (κ1) is 15.7. The number of halogens is 3. The van der Waals surface area contributed by atoms with E-state index in [1.165, 1.54) is 6.20 Å². The highest BCUT2D eigenvalue weighted by atomic mass is 32.2. The highest BCUT2D eigenvalue weighted by Gasteiger charge is 2.34. The van der Waals surface area contributed by atoms with Gasteiger partial charge in [-0.3, -0.25) is 0 Å². The number of hydrogen-bond donors (Lipinski definition) is 1. The van der Waals surface area contributed by atoms with Gasteiger partial charge in [0, 0.05) is 18.3 Å². The number of hydrogen-bond acceptors (Lipinski definition) is 5. The molecule has 0 aliphatic carbocycles. The first-order valence-corrected chi connectivity index (χ1v) is 7.89. The van der Waals surface area contributed by atoms with Gasteiger partial charge in [0.15, 0.2) is 0 Å². The monoisotopic (exact) mass is 344 g/mol. The second kappa shape index (κ2) is 5.17. The molecule has 0 saturated carbocycles. The number of fused-ring (bicyclic) bond motifs is 1. The summed E-state index contributed by atoms with van der Waals surface area (Å²) in [6.45, 7) is 0.0599. The van der Waals surface area contributed by atoms with E-state index in [9.17, 15) is 21.6 Å². The fourth-order valence-electron chi connectivity index (χ4n) is 2.27. The summed E-state index contributed by atoms with van der Waals surface area (Å²) in [4.78, 5) is 7.56. The van der Waals surface area contributed by atoms with Gasteiger partial charge in [0.05, 0.1) is 22.7 Å². The van der Waals surface area contributed by atoms with E-state index < -0.39 is 21.8 Å². The minimum atomic E-state index is -4.51. The Morgan fingerprint density at radius 3 is 2.39 bits per heavy atom. The number of anilines is 1. The van der Waals surface area contributed by atoms with Crippen molar-refractivity contribution in [1.82, 2.24) is 14.3 Å². The average Bonchev–Trinajstić information content (AvgIpc) is 2.90. The molecule has 122 valence electrons. The van der Waals surface area contributed by atoms with E-state index in [0.717, 1.165) is 28.6 Å². The Labute approximate surface area is 129 Å². The minimum absolute atomic E-state index is 0.00537. The lowest BCUT2D eigenvalue weighted by Crippen LogP contribution is -2.25. The summed E-state index contributed by atoms with van der Waals surface area (Å²) in [5.41, 5.74) is 5.67. The summed E-state index contributed by atoms with van der Waals surface area (Å²) in [6, 6.07) is 3.38. The number of rotatable bonds is 2. The lowest BCUT2D eigenvalue weighted by Gasteiger charge is -2.16. The third kappa shape index (κ3) is 2.86. The van der Waals surface area contributed by atoms with E-state index in [2.05, 4.69) is 9.97 Å². The van der Waals surface area contributed by atoms with Crippen LogP contribution in [0.25, 0.3) is 0 Å². The Morgan fingerprint density at radius 1 is 1.13 bits per heavy atom. The van der Waals surface area contributed by atoms with Gasteiger partial charge in [-0.15, -0.1) is 0 Å². The van der Waals surface area contributed by atoms with E-state index in [4.69, 9.17) is 5.73 Å². The van der Waals surface area contributed by atoms with Crippen molar-refractivity contribution in [3.8, 4) is 0 Å². The van der Waals surface area contributed by atoms with E-state index in [-0.39, 0.29) is 23.9 Å². The zero-order chi connectivity index (χ0) is 16.8. The van der Waals surface area contributed by atoms with Crippen molar-refractivity contribution in [2.75, 3.05) is 5.73 Å². The molecule has 1 aliphatic rings. The van der Waals surface area contributed by atoms with Crippen molar-refractivity contribution >= 4 is 16.0 Å². The molecule has 23 heavy (non-hydrogen) atoms. The van der Waals surface area contributed by atoms with Crippen LogP contribution in [0.15, 0.2) is 35.4 Å². The predicted octanol–water partition coefficient (Wildman–Crippen LogP) is 1.78. The zero-order valence-electron chi connectivity index (χ0n) is 11.6. The first-order chi connectivity index (χ1) is 10.7. The summed E-state index contributed by atoms with van der Waals surface area (Å²) in [6.07, 6.45) is -3.07. The predicted molar refractivity (Wildman–Crippen MR) is 74.3 cm³/mol. The van der Waals surface area contributed by atoms with Crippen LogP contribution in [0.3, 0.4) is 0 Å². The molecule has 0 saturated heterocycles. The summed E-state index contributed by atoms with van der Waals surface area (Å²) >= 11 is 0. The maximum absolute atomic E-state index is 12.5. The second-order valence-corrected chi connectivity index (χ2v) is 6.93. The Hall–Kier alpha value is -2.20. The largest absolute Gasteiger partial charge is 0.416 e. The summed E-state index contributed by atoms with van der Waals surface area (Å²) in [5.74, 6) is 0.0394. The van der Waals surface area contributed by atoms with Crippen molar-refractivity contribution in [2.45, 2.75) is 24.2 Å². The molecular formula is C13H11F3N4O2S. The molecule has 0 fully saturated rings. The second-order valence-electron chi connectivity index (χ2n) is 5.00. The number of alkyl halides is 3. The number of sulfonamides is 1. The van der Waals surface area contributed by atoms with Gasteiger partial charge in [-0.2, -0.15) is 17.5 Å². The van der Waals surface area contributed by atoms with Crippen LogP contribution in [0.5, 0.6) is 0 Å². The molecule has 6 nitrogen and oxygen atoms in total. The standard InChI is InChI=1S/C13H11F3N4O2S/c14-13(15,16)9-1-3-10(4-2-9)23(21,22)20-6-8-5-18-12(17)19-11(8)7-20/h1-5H,6-7H2,(H2,17,18,19). The number of nitrogen functional groups attached to an aromatic ring is 1. The van der Waals surface area contributed by atoms with Gasteiger partial charge < -0.3 is 5.73 Å². The fraction of sp³-hybridized carbons (Fsp3) is 0.231. The molecule has 1 aromatic heterocycles. The molecule has 10 heteroatoms. The molecule has 0 atom stereocenters. The molecule has 0 amide bonds. The van der Waals surface area contributed by atoms with Crippen molar-refractivity contribution < 1.29 is 21.6 Å². The topological polar surface area (TPSA) is 89.2 Å². The van der Waals surface area contributed by atoms with Crippen LogP contribution in [-0.4, -0.2) is 22.7 Å². The lowest BCUT2D eigenvalue weighted by atomic mass is 10.2. The van der Waals surface area contributed by atoms with Gasteiger partial charge in [0.1, 0.15) is 0 Å². The van der Waals surface area contributed by atoms with Crippen LogP contribution in [-0.2, 0) is 29.3 Å². The lowest BCUT2D eigenvalue weighted by molar-refractivity contribution is -0.137.